The number of hydrogen-bond donors (Lipinski definition) is 2. The minimum Gasteiger partial charge on any atom is -0.379 e. The average Bonchev–Trinajstić information content (AvgIpc) is 2.42. The summed E-state index contributed by atoms with van der Waals surface area (Å²) in [6.45, 7) is 4.17. The first kappa shape index (κ1) is 15.9. The van der Waals surface area contributed by atoms with Gasteiger partial charge in [0.15, 0.2) is 0 Å². The lowest BCUT2D eigenvalue weighted by atomic mass is 10.1. The molecule has 1 saturated heterocycles. The molecule has 1 fully saturated rings. The van der Waals surface area contributed by atoms with Crippen molar-refractivity contribution in [1.82, 2.24) is 9.84 Å². The number of hydrazine groups is 1. The van der Waals surface area contributed by atoms with Crippen LogP contribution in [0.25, 0.3) is 0 Å². The molecule has 0 amide bonds. The molecule has 0 radical (unpaired) electrons. The zero-order valence-electron chi connectivity index (χ0n) is 11.2. The van der Waals surface area contributed by atoms with Gasteiger partial charge in [-0.2, -0.15) is 0 Å². The lowest BCUT2D eigenvalue weighted by molar-refractivity contribution is 0.0272. The molecule has 2 rings (SSSR count). The molecule has 8 heteroatoms. The predicted octanol–water partition coefficient (Wildman–Crippen LogP) is 0.742. The topological polar surface area (TPSA) is 84.7 Å². The van der Waals surface area contributed by atoms with Crippen molar-refractivity contribution in [3.05, 3.63) is 27.7 Å². The third kappa shape index (κ3) is 3.57. The number of nitrogens with one attached hydrogen (secondary N) is 1. The van der Waals surface area contributed by atoms with Crippen molar-refractivity contribution < 1.29 is 13.2 Å². The summed E-state index contributed by atoms with van der Waals surface area (Å²) in [4.78, 5) is 2.84. The fraction of sp³-hybridized carbons (Fsp3) is 0.500. The van der Waals surface area contributed by atoms with Crippen LogP contribution in [0.1, 0.15) is 11.1 Å². The van der Waals surface area contributed by atoms with Crippen molar-refractivity contribution in [1.29, 1.82) is 0 Å². The van der Waals surface area contributed by atoms with Crippen LogP contribution in [0.4, 0.5) is 0 Å². The summed E-state index contributed by atoms with van der Waals surface area (Å²) in [5.74, 6) is 0. The van der Waals surface area contributed by atoms with Crippen LogP contribution in [-0.2, 0) is 21.3 Å². The Kier molecular flexibility index (Phi) is 5.16. The number of ether oxygens (including phenoxy) is 1. The molecule has 3 N–H and O–H groups in total. The highest BCUT2D eigenvalue weighted by atomic mass is 79.9. The van der Waals surface area contributed by atoms with Gasteiger partial charge in [-0.1, -0.05) is 15.9 Å². The van der Waals surface area contributed by atoms with E-state index in [0.29, 0.717) is 38.4 Å². The normalized spacial score (nSPS) is 17.4. The molecular weight excluding hydrogens is 346 g/mol. The molecule has 1 aromatic carbocycles. The van der Waals surface area contributed by atoms with Gasteiger partial charge in [-0.05, 0) is 30.2 Å². The molecule has 1 heterocycles. The van der Waals surface area contributed by atoms with Gasteiger partial charge < -0.3 is 10.5 Å². The van der Waals surface area contributed by atoms with Gasteiger partial charge in [0.2, 0.25) is 0 Å². The largest absolute Gasteiger partial charge is 0.379 e. The highest BCUT2D eigenvalue weighted by Crippen LogP contribution is 2.25. The number of morpholine rings is 1. The Balaban J connectivity index is 2.30. The first-order valence-corrected chi connectivity index (χ1v) is 8.56. The first-order valence-electron chi connectivity index (χ1n) is 6.28. The zero-order valence-corrected chi connectivity index (χ0v) is 13.6. The molecule has 1 aliphatic heterocycles. The van der Waals surface area contributed by atoms with E-state index in [-0.39, 0.29) is 4.90 Å². The third-order valence-corrected chi connectivity index (χ3v) is 5.47. The molecule has 1 aliphatic rings. The minimum absolute atomic E-state index is 0.249. The van der Waals surface area contributed by atoms with Crippen molar-refractivity contribution in [2.75, 3.05) is 26.3 Å². The quantitative estimate of drug-likeness (QED) is 0.824. The SMILES string of the molecule is Cc1c(Br)cc(CN)cc1S(=O)(=O)NN1CCOCC1. The van der Waals surface area contributed by atoms with E-state index in [1.165, 1.54) is 0 Å². The molecule has 0 aliphatic carbocycles. The zero-order chi connectivity index (χ0) is 14.8. The average molecular weight is 364 g/mol. The van der Waals surface area contributed by atoms with Crippen LogP contribution in [0, 0.1) is 6.92 Å². The number of nitrogens with two attached hydrogens (primary N) is 1. The molecule has 112 valence electrons. The number of rotatable bonds is 4. The van der Waals surface area contributed by atoms with E-state index in [0.717, 1.165) is 10.0 Å². The summed E-state index contributed by atoms with van der Waals surface area (Å²) in [5.41, 5.74) is 7.04. The highest BCUT2D eigenvalue weighted by molar-refractivity contribution is 9.10. The van der Waals surface area contributed by atoms with Crippen LogP contribution in [0.2, 0.25) is 0 Å². The minimum atomic E-state index is -3.61. The number of sulfonamides is 1. The molecule has 6 nitrogen and oxygen atoms in total. The van der Waals surface area contributed by atoms with Gasteiger partial charge in [-0.15, -0.1) is 4.83 Å². The summed E-state index contributed by atoms with van der Waals surface area (Å²) >= 11 is 3.37. The van der Waals surface area contributed by atoms with Crippen molar-refractivity contribution in [3.8, 4) is 0 Å². The Morgan fingerprint density at radius 1 is 1.40 bits per heavy atom. The standard InChI is InChI=1S/C12H18BrN3O3S/c1-9-11(13)6-10(8-14)7-12(9)20(17,18)15-16-2-4-19-5-3-16/h6-7,15H,2-5,8,14H2,1H3. The summed E-state index contributed by atoms with van der Waals surface area (Å²) in [6, 6.07) is 3.45. The molecule has 0 aromatic heterocycles. The van der Waals surface area contributed by atoms with Gasteiger partial charge >= 0.3 is 0 Å². The smallest absolute Gasteiger partial charge is 0.253 e. The van der Waals surface area contributed by atoms with Gasteiger partial charge in [0.05, 0.1) is 18.1 Å². The van der Waals surface area contributed by atoms with Crippen LogP contribution in [0.5, 0.6) is 0 Å². The van der Waals surface area contributed by atoms with Crippen molar-refractivity contribution >= 4 is 26.0 Å². The number of hydrogen-bond acceptors (Lipinski definition) is 5. The molecular formula is C12H18BrN3O3S. The van der Waals surface area contributed by atoms with E-state index in [1.54, 1.807) is 18.0 Å². The van der Waals surface area contributed by atoms with Gasteiger partial charge in [-0.3, -0.25) is 0 Å². The van der Waals surface area contributed by atoms with Crippen LogP contribution >= 0.6 is 15.9 Å². The second-order valence-corrected chi connectivity index (χ2v) is 7.08. The fourth-order valence-corrected chi connectivity index (χ4v) is 4.06. The summed E-state index contributed by atoms with van der Waals surface area (Å²) in [5, 5.41) is 1.65. The maximum atomic E-state index is 12.5. The molecule has 0 unspecified atom stereocenters. The van der Waals surface area contributed by atoms with Gasteiger partial charge in [0.1, 0.15) is 0 Å². The summed E-state index contributed by atoms with van der Waals surface area (Å²) < 4.78 is 30.9. The lowest BCUT2D eigenvalue weighted by Gasteiger charge is -2.27. The van der Waals surface area contributed by atoms with Crippen LogP contribution in [0.15, 0.2) is 21.5 Å². The molecule has 0 atom stereocenters. The van der Waals surface area contributed by atoms with E-state index in [2.05, 4.69) is 20.8 Å². The van der Waals surface area contributed by atoms with Crippen LogP contribution in [0.3, 0.4) is 0 Å². The van der Waals surface area contributed by atoms with Crippen LogP contribution in [-0.4, -0.2) is 39.7 Å². The second kappa shape index (κ2) is 6.50. The number of nitrogens with zero attached hydrogens (tertiary/aromatic N) is 1. The second-order valence-electron chi connectivity index (χ2n) is 4.60. The van der Waals surface area contributed by atoms with E-state index < -0.39 is 10.0 Å². The van der Waals surface area contributed by atoms with E-state index in [4.69, 9.17) is 10.5 Å². The number of benzene rings is 1. The maximum absolute atomic E-state index is 12.5. The van der Waals surface area contributed by atoms with E-state index in [1.807, 2.05) is 6.07 Å². The highest BCUT2D eigenvalue weighted by Gasteiger charge is 2.23. The van der Waals surface area contributed by atoms with Crippen molar-refractivity contribution in [3.63, 3.8) is 0 Å². The van der Waals surface area contributed by atoms with Gasteiger partial charge in [0.25, 0.3) is 10.0 Å². The molecule has 0 bridgehead atoms. The van der Waals surface area contributed by atoms with Crippen molar-refractivity contribution in [2.45, 2.75) is 18.4 Å². The first-order chi connectivity index (χ1) is 9.44. The van der Waals surface area contributed by atoms with Crippen molar-refractivity contribution in [2.24, 2.45) is 5.73 Å². The predicted molar refractivity (Wildman–Crippen MR) is 79.5 cm³/mol. The Hall–Kier alpha value is -0.510. The summed E-state index contributed by atoms with van der Waals surface area (Å²) in [7, 11) is -3.61. The Morgan fingerprint density at radius 3 is 2.65 bits per heavy atom. The molecule has 0 saturated carbocycles. The third-order valence-electron chi connectivity index (χ3n) is 3.14. The fourth-order valence-electron chi connectivity index (χ4n) is 1.98. The Morgan fingerprint density at radius 2 is 2.05 bits per heavy atom. The monoisotopic (exact) mass is 363 g/mol. The Labute approximate surface area is 127 Å². The number of halogens is 1. The summed E-state index contributed by atoms with van der Waals surface area (Å²) in [6.07, 6.45) is 0. The van der Waals surface area contributed by atoms with E-state index in [9.17, 15) is 8.42 Å². The van der Waals surface area contributed by atoms with Gasteiger partial charge in [-0.25, -0.2) is 13.4 Å². The maximum Gasteiger partial charge on any atom is 0.253 e. The molecule has 1 aromatic rings. The molecule has 0 spiro atoms. The lowest BCUT2D eigenvalue weighted by Crippen LogP contribution is -2.48. The van der Waals surface area contributed by atoms with Gasteiger partial charge in [0, 0.05) is 24.1 Å². The molecule has 20 heavy (non-hydrogen) atoms. The van der Waals surface area contributed by atoms with Crippen LogP contribution < -0.4 is 10.6 Å². The Bertz CT molecular complexity index is 586. The van der Waals surface area contributed by atoms with E-state index >= 15 is 0 Å².